The summed E-state index contributed by atoms with van der Waals surface area (Å²) < 4.78 is 1.83. The molecule has 2 aromatic rings. The zero-order valence-electron chi connectivity index (χ0n) is 7.84. The van der Waals surface area contributed by atoms with Gasteiger partial charge in [0.05, 0.1) is 0 Å². The summed E-state index contributed by atoms with van der Waals surface area (Å²) in [5.74, 6) is 0. The smallest absolute Gasteiger partial charge is 0.170 e. The van der Waals surface area contributed by atoms with Crippen molar-refractivity contribution in [3.8, 4) is 5.69 Å². The summed E-state index contributed by atoms with van der Waals surface area (Å²) in [6.45, 7) is 2.03. The number of rotatable bonds is 2. The average molecular weight is 186 g/mol. The van der Waals surface area contributed by atoms with Gasteiger partial charge >= 0.3 is 0 Å². The van der Waals surface area contributed by atoms with Crippen LogP contribution in [0.5, 0.6) is 0 Å². The molecule has 0 spiro atoms. The van der Waals surface area contributed by atoms with E-state index < -0.39 is 0 Å². The second kappa shape index (κ2) is 3.46. The van der Waals surface area contributed by atoms with Crippen molar-refractivity contribution >= 4 is 6.29 Å². The van der Waals surface area contributed by atoms with E-state index in [2.05, 4.69) is 4.98 Å². The Bertz CT molecular complexity index is 460. The van der Waals surface area contributed by atoms with Gasteiger partial charge in [0, 0.05) is 11.9 Å². The van der Waals surface area contributed by atoms with Crippen molar-refractivity contribution in [2.75, 3.05) is 0 Å². The molecule has 3 heteroatoms. The standard InChI is InChI=1S/C11H10N2O/c1-9-3-2-4-11(5-9)13-6-10(7-14)12-8-13/h2-8H,1H3. The van der Waals surface area contributed by atoms with Crippen LogP contribution in [-0.2, 0) is 0 Å². The molecular formula is C11H10N2O. The van der Waals surface area contributed by atoms with Gasteiger partial charge in [-0.25, -0.2) is 4.98 Å². The zero-order valence-corrected chi connectivity index (χ0v) is 7.84. The molecular weight excluding hydrogens is 176 g/mol. The molecule has 70 valence electrons. The van der Waals surface area contributed by atoms with E-state index in [1.165, 1.54) is 5.56 Å². The van der Waals surface area contributed by atoms with Gasteiger partial charge in [-0.15, -0.1) is 0 Å². The molecule has 0 bridgehead atoms. The van der Waals surface area contributed by atoms with Crippen molar-refractivity contribution in [2.24, 2.45) is 0 Å². The molecule has 0 saturated heterocycles. The molecule has 0 unspecified atom stereocenters. The molecule has 2 rings (SSSR count). The Morgan fingerprint density at radius 1 is 1.43 bits per heavy atom. The maximum atomic E-state index is 10.4. The van der Waals surface area contributed by atoms with Crippen LogP contribution in [0, 0.1) is 6.92 Å². The fourth-order valence-corrected chi connectivity index (χ4v) is 1.33. The predicted molar refractivity (Wildman–Crippen MR) is 53.7 cm³/mol. The fourth-order valence-electron chi connectivity index (χ4n) is 1.33. The van der Waals surface area contributed by atoms with E-state index >= 15 is 0 Å². The number of benzene rings is 1. The molecule has 1 aromatic carbocycles. The molecule has 0 aliphatic rings. The molecule has 0 amide bonds. The van der Waals surface area contributed by atoms with Crippen molar-refractivity contribution in [2.45, 2.75) is 6.92 Å². The summed E-state index contributed by atoms with van der Waals surface area (Å²) in [7, 11) is 0. The van der Waals surface area contributed by atoms with Crippen molar-refractivity contribution in [1.82, 2.24) is 9.55 Å². The molecule has 1 aromatic heterocycles. The maximum Gasteiger partial charge on any atom is 0.170 e. The van der Waals surface area contributed by atoms with E-state index in [1.54, 1.807) is 12.5 Å². The number of hydrogen-bond donors (Lipinski definition) is 0. The minimum absolute atomic E-state index is 0.450. The monoisotopic (exact) mass is 186 g/mol. The molecule has 0 N–H and O–H groups in total. The summed E-state index contributed by atoms with van der Waals surface area (Å²) >= 11 is 0. The fraction of sp³-hybridized carbons (Fsp3) is 0.0909. The first-order valence-electron chi connectivity index (χ1n) is 4.36. The lowest BCUT2D eigenvalue weighted by Crippen LogP contribution is -1.89. The number of imidazole rings is 1. The Morgan fingerprint density at radius 2 is 2.29 bits per heavy atom. The van der Waals surface area contributed by atoms with E-state index in [0.717, 1.165) is 12.0 Å². The topological polar surface area (TPSA) is 34.9 Å². The lowest BCUT2D eigenvalue weighted by atomic mass is 10.2. The second-order valence-corrected chi connectivity index (χ2v) is 3.16. The molecule has 0 aliphatic carbocycles. The van der Waals surface area contributed by atoms with Crippen LogP contribution in [0.4, 0.5) is 0 Å². The zero-order chi connectivity index (χ0) is 9.97. The van der Waals surface area contributed by atoms with Crippen LogP contribution in [0.2, 0.25) is 0 Å². The van der Waals surface area contributed by atoms with E-state index in [4.69, 9.17) is 0 Å². The van der Waals surface area contributed by atoms with Crippen molar-refractivity contribution in [3.63, 3.8) is 0 Å². The number of aromatic nitrogens is 2. The van der Waals surface area contributed by atoms with Crippen LogP contribution >= 0.6 is 0 Å². The summed E-state index contributed by atoms with van der Waals surface area (Å²) in [6, 6.07) is 8.02. The third-order valence-corrected chi connectivity index (χ3v) is 2.02. The Kier molecular flexibility index (Phi) is 2.14. The molecule has 0 radical (unpaired) electrons. The number of carbonyl (C=O) groups excluding carboxylic acids is 1. The van der Waals surface area contributed by atoms with Gasteiger partial charge in [0.15, 0.2) is 6.29 Å². The third kappa shape index (κ3) is 1.57. The van der Waals surface area contributed by atoms with Crippen LogP contribution in [0.25, 0.3) is 5.69 Å². The van der Waals surface area contributed by atoms with Gasteiger partial charge in [-0.2, -0.15) is 0 Å². The predicted octanol–water partition coefficient (Wildman–Crippen LogP) is 1.99. The Hall–Kier alpha value is -1.90. The van der Waals surface area contributed by atoms with Crippen molar-refractivity contribution < 1.29 is 4.79 Å². The molecule has 0 atom stereocenters. The number of hydrogen-bond acceptors (Lipinski definition) is 2. The first-order valence-corrected chi connectivity index (χ1v) is 4.36. The van der Waals surface area contributed by atoms with E-state index in [1.807, 2.05) is 35.8 Å². The van der Waals surface area contributed by atoms with Gasteiger partial charge in [0.25, 0.3) is 0 Å². The highest BCUT2D eigenvalue weighted by Crippen LogP contribution is 2.09. The van der Waals surface area contributed by atoms with E-state index in [-0.39, 0.29) is 0 Å². The molecule has 1 heterocycles. The number of nitrogens with zero attached hydrogens (tertiary/aromatic N) is 2. The van der Waals surface area contributed by atoms with E-state index in [0.29, 0.717) is 5.69 Å². The van der Waals surface area contributed by atoms with Gasteiger partial charge in [-0.1, -0.05) is 12.1 Å². The van der Waals surface area contributed by atoms with Crippen LogP contribution < -0.4 is 0 Å². The summed E-state index contributed by atoms with van der Waals surface area (Å²) in [5.41, 5.74) is 2.65. The van der Waals surface area contributed by atoms with Crippen molar-refractivity contribution in [3.05, 3.63) is 48.0 Å². The van der Waals surface area contributed by atoms with Crippen LogP contribution in [-0.4, -0.2) is 15.8 Å². The average Bonchev–Trinajstić information content (AvgIpc) is 2.66. The second-order valence-electron chi connectivity index (χ2n) is 3.16. The summed E-state index contributed by atoms with van der Waals surface area (Å²) in [6.07, 6.45) is 4.09. The summed E-state index contributed by atoms with van der Waals surface area (Å²) in [5, 5.41) is 0. The molecule has 14 heavy (non-hydrogen) atoms. The SMILES string of the molecule is Cc1cccc(-n2cnc(C=O)c2)c1. The first kappa shape index (κ1) is 8.69. The van der Waals surface area contributed by atoms with Crippen LogP contribution in [0.1, 0.15) is 16.1 Å². The normalized spacial score (nSPS) is 10.1. The Labute approximate surface area is 82.0 Å². The highest BCUT2D eigenvalue weighted by molar-refractivity contribution is 5.71. The summed E-state index contributed by atoms with van der Waals surface area (Å²) in [4.78, 5) is 14.4. The molecule has 3 nitrogen and oxygen atoms in total. The maximum absolute atomic E-state index is 10.4. The van der Waals surface area contributed by atoms with Gasteiger partial charge < -0.3 is 4.57 Å². The number of aldehydes is 1. The van der Waals surface area contributed by atoms with Crippen molar-refractivity contribution in [1.29, 1.82) is 0 Å². The molecule has 0 saturated carbocycles. The minimum atomic E-state index is 0.450. The van der Waals surface area contributed by atoms with Crippen LogP contribution in [0.15, 0.2) is 36.8 Å². The lowest BCUT2D eigenvalue weighted by Gasteiger charge is -2.01. The van der Waals surface area contributed by atoms with Crippen LogP contribution in [0.3, 0.4) is 0 Å². The lowest BCUT2D eigenvalue weighted by molar-refractivity contribution is 0.111. The number of aryl methyl sites for hydroxylation is 1. The molecule has 0 fully saturated rings. The van der Waals surface area contributed by atoms with E-state index in [9.17, 15) is 4.79 Å². The Morgan fingerprint density at radius 3 is 2.93 bits per heavy atom. The highest BCUT2D eigenvalue weighted by atomic mass is 16.1. The van der Waals surface area contributed by atoms with Gasteiger partial charge in [0.1, 0.15) is 12.0 Å². The quantitative estimate of drug-likeness (QED) is 0.672. The van der Waals surface area contributed by atoms with Gasteiger partial charge in [-0.05, 0) is 24.6 Å². The Balaban J connectivity index is 2.43. The minimum Gasteiger partial charge on any atom is -0.306 e. The third-order valence-electron chi connectivity index (χ3n) is 2.02. The van der Waals surface area contributed by atoms with Gasteiger partial charge in [-0.3, -0.25) is 4.79 Å². The highest BCUT2D eigenvalue weighted by Gasteiger charge is 1.98. The van der Waals surface area contributed by atoms with Gasteiger partial charge in [0.2, 0.25) is 0 Å². The molecule has 0 aliphatic heterocycles. The largest absolute Gasteiger partial charge is 0.306 e. The number of carbonyl (C=O) groups is 1. The first-order chi connectivity index (χ1) is 6.79.